The molecule has 2 rings (SSSR count). The lowest BCUT2D eigenvalue weighted by Crippen LogP contribution is -2.55. The van der Waals surface area contributed by atoms with E-state index in [2.05, 4.69) is 5.32 Å². The average molecular weight is 235 g/mol. The molecule has 1 heterocycles. The molecule has 0 aromatic heterocycles. The highest BCUT2D eigenvalue weighted by molar-refractivity contribution is 5.80. The number of hydrogen-bond donors (Lipinski definition) is 3. The summed E-state index contributed by atoms with van der Waals surface area (Å²) in [6.07, 6.45) is 2.65. The molecule has 1 fully saturated rings. The molecule has 0 amide bonds. The fourth-order valence-corrected chi connectivity index (χ4v) is 2.37. The SMILES string of the molecule is O=C(O)C(O)(c1ccccc1)C1CCCCN1. The van der Waals surface area contributed by atoms with E-state index in [1.807, 2.05) is 0 Å². The third-order valence-corrected chi connectivity index (χ3v) is 3.35. The predicted octanol–water partition coefficient (Wildman–Crippen LogP) is 1.10. The van der Waals surface area contributed by atoms with Gasteiger partial charge in [-0.3, -0.25) is 0 Å². The highest BCUT2D eigenvalue weighted by Gasteiger charge is 2.45. The number of aliphatic hydroxyl groups is 1. The van der Waals surface area contributed by atoms with Gasteiger partial charge in [-0.1, -0.05) is 36.8 Å². The van der Waals surface area contributed by atoms with Crippen LogP contribution in [-0.4, -0.2) is 28.8 Å². The number of piperidine rings is 1. The monoisotopic (exact) mass is 235 g/mol. The average Bonchev–Trinajstić information content (AvgIpc) is 2.39. The first kappa shape index (κ1) is 12.1. The second-order valence-electron chi connectivity index (χ2n) is 4.44. The van der Waals surface area contributed by atoms with Crippen LogP contribution in [0.1, 0.15) is 24.8 Å². The Bertz CT molecular complexity index is 387. The molecule has 17 heavy (non-hydrogen) atoms. The highest BCUT2D eigenvalue weighted by Crippen LogP contribution is 2.29. The van der Waals surface area contributed by atoms with Gasteiger partial charge in [-0.2, -0.15) is 0 Å². The Kier molecular flexibility index (Phi) is 3.45. The summed E-state index contributed by atoms with van der Waals surface area (Å²) in [5, 5.41) is 23.0. The molecule has 4 nitrogen and oxygen atoms in total. The zero-order valence-corrected chi connectivity index (χ0v) is 9.60. The van der Waals surface area contributed by atoms with E-state index < -0.39 is 17.6 Å². The van der Waals surface area contributed by atoms with E-state index in [0.29, 0.717) is 12.0 Å². The molecule has 0 bridgehead atoms. The van der Waals surface area contributed by atoms with Gasteiger partial charge in [-0.05, 0) is 24.9 Å². The van der Waals surface area contributed by atoms with E-state index in [4.69, 9.17) is 0 Å². The van der Waals surface area contributed by atoms with E-state index in [0.717, 1.165) is 19.4 Å². The van der Waals surface area contributed by atoms with Gasteiger partial charge in [-0.25, -0.2) is 4.79 Å². The summed E-state index contributed by atoms with van der Waals surface area (Å²) < 4.78 is 0. The van der Waals surface area contributed by atoms with E-state index >= 15 is 0 Å². The van der Waals surface area contributed by atoms with Crippen molar-refractivity contribution < 1.29 is 15.0 Å². The first-order chi connectivity index (χ1) is 8.15. The van der Waals surface area contributed by atoms with Gasteiger partial charge in [0.05, 0.1) is 6.04 Å². The van der Waals surface area contributed by atoms with Crippen molar-refractivity contribution in [2.75, 3.05) is 6.54 Å². The maximum atomic E-state index is 11.4. The number of carbonyl (C=O) groups is 1. The first-order valence-corrected chi connectivity index (χ1v) is 5.90. The summed E-state index contributed by atoms with van der Waals surface area (Å²) in [5.41, 5.74) is -1.39. The predicted molar refractivity (Wildman–Crippen MR) is 63.6 cm³/mol. The van der Waals surface area contributed by atoms with Gasteiger partial charge >= 0.3 is 5.97 Å². The molecule has 1 aliphatic heterocycles. The number of carboxylic acid groups (broad SMARTS) is 1. The third-order valence-electron chi connectivity index (χ3n) is 3.35. The number of hydrogen-bond acceptors (Lipinski definition) is 3. The lowest BCUT2D eigenvalue weighted by Gasteiger charge is -2.36. The summed E-state index contributed by atoms with van der Waals surface area (Å²) in [7, 11) is 0. The van der Waals surface area contributed by atoms with Crippen molar-refractivity contribution in [1.82, 2.24) is 5.32 Å². The van der Waals surface area contributed by atoms with Gasteiger partial charge in [0.2, 0.25) is 5.60 Å². The molecule has 0 saturated carbocycles. The lowest BCUT2D eigenvalue weighted by atomic mass is 9.82. The van der Waals surface area contributed by atoms with Crippen molar-refractivity contribution in [3.63, 3.8) is 0 Å². The molecule has 4 heteroatoms. The van der Waals surface area contributed by atoms with Gasteiger partial charge in [0, 0.05) is 0 Å². The third kappa shape index (κ3) is 2.18. The van der Waals surface area contributed by atoms with Crippen LogP contribution in [0.25, 0.3) is 0 Å². The maximum Gasteiger partial charge on any atom is 0.342 e. The van der Waals surface area contributed by atoms with Crippen LogP contribution in [0.4, 0.5) is 0 Å². The number of nitrogens with one attached hydrogen (secondary N) is 1. The van der Waals surface area contributed by atoms with Crippen LogP contribution < -0.4 is 5.32 Å². The maximum absolute atomic E-state index is 11.4. The van der Waals surface area contributed by atoms with Crippen molar-refractivity contribution >= 4 is 5.97 Å². The fourth-order valence-electron chi connectivity index (χ4n) is 2.37. The van der Waals surface area contributed by atoms with Gasteiger partial charge < -0.3 is 15.5 Å². The highest BCUT2D eigenvalue weighted by atomic mass is 16.4. The van der Waals surface area contributed by atoms with Crippen molar-refractivity contribution in [3.05, 3.63) is 35.9 Å². The first-order valence-electron chi connectivity index (χ1n) is 5.90. The topological polar surface area (TPSA) is 69.6 Å². The van der Waals surface area contributed by atoms with E-state index in [9.17, 15) is 15.0 Å². The number of benzene rings is 1. The van der Waals surface area contributed by atoms with Crippen LogP contribution in [0.2, 0.25) is 0 Å². The molecule has 92 valence electrons. The minimum atomic E-state index is -1.83. The summed E-state index contributed by atoms with van der Waals surface area (Å²) in [5.74, 6) is -1.19. The van der Waals surface area contributed by atoms with Crippen LogP contribution in [0.3, 0.4) is 0 Å². The second kappa shape index (κ2) is 4.85. The molecule has 0 aliphatic carbocycles. The molecule has 1 aromatic rings. The Morgan fingerprint density at radius 2 is 2.00 bits per heavy atom. The Labute approximate surface area is 100 Å². The Morgan fingerprint density at radius 1 is 1.29 bits per heavy atom. The second-order valence-corrected chi connectivity index (χ2v) is 4.44. The lowest BCUT2D eigenvalue weighted by molar-refractivity contribution is -0.164. The molecule has 0 radical (unpaired) electrons. The van der Waals surface area contributed by atoms with Crippen LogP contribution >= 0.6 is 0 Å². The van der Waals surface area contributed by atoms with Gasteiger partial charge in [0.15, 0.2) is 0 Å². The summed E-state index contributed by atoms with van der Waals surface area (Å²) in [4.78, 5) is 11.4. The minimum Gasteiger partial charge on any atom is -0.479 e. The number of carboxylic acids is 1. The molecular formula is C13H17NO3. The molecule has 0 spiro atoms. The van der Waals surface area contributed by atoms with E-state index in [1.54, 1.807) is 30.3 Å². The zero-order chi connectivity index (χ0) is 12.3. The normalized spacial score (nSPS) is 23.9. The molecular weight excluding hydrogens is 218 g/mol. The van der Waals surface area contributed by atoms with E-state index in [-0.39, 0.29) is 0 Å². The summed E-state index contributed by atoms with van der Waals surface area (Å²) >= 11 is 0. The van der Waals surface area contributed by atoms with Crippen LogP contribution in [-0.2, 0) is 10.4 Å². The van der Waals surface area contributed by atoms with Gasteiger partial charge in [-0.15, -0.1) is 0 Å². The van der Waals surface area contributed by atoms with Crippen LogP contribution in [0, 0.1) is 0 Å². The molecule has 2 atom stereocenters. The largest absolute Gasteiger partial charge is 0.479 e. The van der Waals surface area contributed by atoms with Gasteiger partial charge in [0.1, 0.15) is 0 Å². The number of rotatable bonds is 3. The zero-order valence-electron chi connectivity index (χ0n) is 9.60. The molecule has 1 aromatic carbocycles. The summed E-state index contributed by atoms with van der Waals surface area (Å²) in [6.45, 7) is 0.757. The quantitative estimate of drug-likeness (QED) is 0.734. The molecule has 1 aliphatic rings. The fraction of sp³-hybridized carbons (Fsp3) is 0.462. The smallest absolute Gasteiger partial charge is 0.342 e. The Morgan fingerprint density at radius 3 is 2.53 bits per heavy atom. The van der Waals surface area contributed by atoms with Crippen molar-refractivity contribution in [2.24, 2.45) is 0 Å². The molecule has 2 unspecified atom stereocenters. The van der Waals surface area contributed by atoms with E-state index in [1.165, 1.54) is 0 Å². The number of aliphatic carboxylic acids is 1. The van der Waals surface area contributed by atoms with Gasteiger partial charge in [0.25, 0.3) is 0 Å². The van der Waals surface area contributed by atoms with Crippen LogP contribution in [0.15, 0.2) is 30.3 Å². The molecule has 1 saturated heterocycles. The van der Waals surface area contributed by atoms with Crippen molar-refractivity contribution in [1.29, 1.82) is 0 Å². The Balaban J connectivity index is 2.35. The molecule has 3 N–H and O–H groups in total. The minimum absolute atomic E-state index is 0.420. The van der Waals surface area contributed by atoms with Crippen molar-refractivity contribution in [3.8, 4) is 0 Å². The standard InChI is InChI=1S/C13H17NO3/c15-12(16)13(17,10-6-2-1-3-7-10)11-8-4-5-9-14-11/h1-3,6-7,11,14,17H,4-5,8-9H2,(H,15,16). The summed E-state index contributed by atoms with van der Waals surface area (Å²) in [6, 6.07) is 8.18. The van der Waals surface area contributed by atoms with Crippen molar-refractivity contribution in [2.45, 2.75) is 30.9 Å². The Hall–Kier alpha value is -1.39. The van der Waals surface area contributed by atoms with Crippen LogP contribution in [0.5, 0.6) is 0 Å².